The highest BCUT2D eigenvalue weighted by Gasteiger charge is 2.07. The van der Waals surface area contributed by atoms with Crippen molar-refractivity contribution in [3.63, 3.8) is 0 Å². The van der Waals surface area contributed by atoms with Gasteiger partial charge < -0.3 is 10.4 Å². The molecule has 0 aromatic heterocycles. The van der Waals surface area contributed by atoms with Crippen LogP contribution in [0.3, 0.4) is 0 Å². The van der Waals surface area contributed by atoms with Gasteiger partial charge in [0.1, 0.15) is 5.75 Å². The Morgan fingerprint density at radius 2 is 1.70 bits per heavy atom. The fourth-order valence-corrected chi connectivity index (χ4v) is 2.48. The largest absolute Gasteiger partial charge is 0.507 e. The van der Waals surface area contributed by atoms with Gasteiger partial charge in [-0.25, -0.2) is 0 Å². The van der Waals surface area contributed by atoms with Crippen LogP contribution in [0.25, 0.3) is 0 Å². The first-order chi connectivity index (χ1) is 9.47. The van der Waals surface area contributed by atoms with Crippen molar-refractivity contribution in [3.05, 3.63) is 64.2 Å². The first-order valence-electron chi connectivity index (χ1n) is 7.06. The Labute approximate surface area is 121 Å². The molecule has 0 amide bonds. The van der Waals surface area contributed by atoms with E-state index < -0.39 is 0 Å². The number of phenolic OH excluding ortho intramolecular Hbond substituents is 1. The van der Waals surface area contributed by atoms with Crippen LogP contribution in [0.15, 0.2) is 36.4 Å². The molecule has 1 atom stereocenters. The molecule has 0 aliphatic rings. The van der Waals surface area contributed by atoms with E-state index in [-0.39, 0.29) is 0 Å². The lowest BCUT2D eigenvalue weighted by Crippen LogP contribution is -2.18. The predicted molar refractivity (Wildman–Crippen MR) is 84.0 cm³/mol. The average Bonchev–Trinajstić information content (AvgIpc) is 2.42. The summed E-state index contributed by atoms with van der Waals surface area (Å²) in [4.78, 5) is 0. The van der Waals surface area contributed by atoms with Crippen molar-refractivity contribution in [1.29, 1.82) is 0 Å². The molecular formula is C18H23NO. The fraction of sp³-hybridized carbons (Fsp3) is 0.333. The van der Waals surface area contributed by atoms with Gasteiger partial charge in [-0.05, 0) is 49.9 Å². The van der Waals surface area contributed by atoms with Crippen molar-refractivity contribution in [2.24, 2.45) is 0 Å². The molecule has 0 saturated heterocycles. The van der Waals surface area contributed by atoms with Gasteiger partial charge in [0.25, 0.3) is 0 Å². The molecule has 0 heterocycles. The Balaban J connectivity index is 2.05. The Morgan fingerprint density at radius 3 is 2.30 bits per heavy atom. The summed E-state index contributed by atoms with van der Waals surface area (Å²) in [5.41, 5.74) is 5.66. The van der Waals surface area contributed by atoms with E-state index in [1.54, 1.807) is 0 Å². The van der Waals surface area contributed by atoms with Crippen LogP contribution in [0.2, 0.25) is 0 Å². The molecule has 0 bridgehead atoms. The maximum atomic E-state index is 9.80. The number of rotatable bonds is 4. The van der Waals surface area contributed by atoms with Crippen LogP contribution < -0.4 is 5.32 Å². The lowest BCUT2D eigenvalue weighted by Gasteiger charge is -2.16. The number of hydrogen-bond donors (Lipinski definition) is 2. The molecule has 20 heavy (non-hydrogen) atoms. The summed E-state index contributed by atoms with van der Waals surface area (Å²) < 4.78 is 0. The van der Waals surface area contributed by atoms with Gasteiger partial charge in [-0.2, -0.15) is 0 Å². The van der Waals surface area contributed by atoms with E-state index in [1.165, 1.54) is 16.7 Å². The predicted octanol–water partition coefficient (Wildman–Crippen LogP) is 4.17. The lowest BCUT2D eigenvalue weighted by molar-refractivity contribution is 0.466. The zero-order valence-electron chi connectivity index (χ0n) is 12.7. The Bertz CT molecular complexity index is 581. The van der Waals surface area contributed by atoms with E-state index in [9.17, 15) is 5.11 Å². The van der Waals surface area contributed by atoms with Gasteiger partial charge in [0.05, 0.1) is 0 Å². The number of benzene rings is 2. The maximum Gasteiger partial charge on any atom is 0.121 e. The van der Waals surface area contributed by atoms with Crippen molar-refractivity contribution in [2.45, 2.75) is 40.3 Å². The normalized spacial score (nSPS) is 12.4. The van der Waals surface area contributed by atoms with E-state index in [4.69, 9.17) is 0 Å². The third-order valence-corrected chi connectivity index (χ3v) is 3.71. The van der Waals surface area contributed by atoms with Gasteiger partial charge in [0.15, 0.2) is 0 Å². The molecule has 0 saturated carbocycles. The quantitative estimate of drug-likeness (QED) is 0.873. The van der Waals surface area contributed by atoms with Crippen LogP contribution in [-0.2, 0) is 6.54 Å². The molecule has 2 rings (SSSR count). The van der Waals surface area contributed by atoms with Crippen LogP contribution in [0, 0.1) is 20.8 Å². The maximum absolute atomic E-state index is 9.80. The molecule has 0 radical (unpaired) electrons. The van der Waals surface area contributed by atoms with Crippen LogP contribution in [0.5, 0.6) is 5.75 Å². The summed E-state index contributed by atoms with van der Waals surface area (Å²) in [6, 6.07) is 13.0. The molecule has 2 aromatic rings. The Morgan fingerprint density at radius 1 is 1.05 bits per heavy atom. The summed E-state index contributed by atoms with van der Waals surface area (Å²) in [6.45, 7) is 8.97. The smallest absolute Gasteiger partial charge is 0.121 e. The first-order valence-corrected chi connectivity index (χ1v) is 7.06. The minimum atomic E-state index is 0.310. The molecule has 0 spiro atoms. The molecule has 2 nitrogen and oxygen atoms in total. The van der Waals surface area contributed by atoms with Crippen molar-refractivity contribution < 1.29 is 5.11 Å². The first kappa shape index (κ1) is 14.6. The van der Waals surface area contributed by atoms with Crippen LogP contribution in [0.1, 0.15) is 40.8 Å². The minimum absolute atomic E-state index is 0.310. The highest BCUT2D eigenvalue weighted by molar-refractivity contribution is 5.42. The van der Waals surface area contributed by atoms with E-state index in [0.29, 0.717) is 11.8 Å². The number of aromatic hydroxyl groups is 1. The van der Waals surface area contributed by atoms with Crippen molar-refractivity contribution in [3.8, 4) is 5.75 Å². The van der Waals surface area contributed by atoms with Crippen LogP contribution in [-0.4, -0.2) is 5.11 Å². The van der Waals surface area contributed by atoms with Gasteiger partial charge >= 0.3 is 0 Å². The summed E-state index contributed by atoms with van der Waals surface area (Å²) in [5, 5.41) is 13.3. The molecule has 0 unspecified atom stereocenters. The average molecular weight is 269 g/mol. The topological polar surface area (TPSA) is 32.3 Å². The molecule has 2 aromatic carbocycles. The number of hydrogen-bond acceptors (Lipinski definition) is 2. The monoisotopic (exact) mass is 269 g/mol. The standard InChI is InChI=1S/C18H23NO/c1-12-6-5-7-17(8-12)15(4)19-11-16-9-13(2)18(20)14(3)10-16/h5-10,15,19-20H,11H2,1-4H3/t15-/m1/s1. The van der Waals surface area contributed by atoms with Crippen LogP contribution >= 0.6 is 0 Å². The van der Waals surface area contributed by atoms with Crippen molar-refractivity contribution >= 4 is 0 Å². The Hall–Kier alpha value is -1.80. The summed E-state index contributed by atoms with van der Waals surface area (Å²) in [6.07, 6.45) is 0. The molecule has 2 heteroatoms. The Kier molecular flexibility index (Phi) is 4.46. The summed E-state index contributed by atoms with van der Waals surface area (Å²) >= 11 is 0. The SMILES string of the molecule is Cc1cccc([C@@H](C)NCc2cc(C)c(O)c(C)c2)c1. The molecule has 2 N–H and O–H groups in total. The van der Waals surface area contributed by atoms with Crippen molar-refractivity contribution in [1.82, 2.24) is 5.32 Å². The van der Waals surface area contributed by atoms with E-state index >= 15 is 0 Å². The summed E-state index contributed by atoms with van der Waals surface area (Å²) in [5.74, 6) is 0.403. The second kappa shape index (κ2) is 6.10. The highest BCUT2D eigenvalue weighted by Crippen LogP contribution is 2.23. The molecule has 0 aliphatic carbocycles. The second-order valence-electron chi connectivity index (χ2n) is 5.59. The molecule has 106 valence electrons. The third kappa shape index (κ3) is 3.40. The van der Waals surface area contributed by atoms with Gasteiger partial charge in [-0.3, -0.25) is 0 Å². The second-order valence-corrected chi connectivity index (χ2v) is 5.59. The summed E-state index contributed by atoms with van der Waals surface area (Å²) in [7, 11) is 0. The molecule has 0 fully saturated rings. The number of nitrogens with one attached hydrogen (secondary N) is 1. The fourth-order valence-electron chi connectivity index (χ4n) is 2.48. The van der Waals surface area contributed by atoms with Gasteiger partial charge in [-0.15, -0.1) is 0 Å². The third-order valence-electron chi connectivity index (χ3n) is 3.71. The molecule has 0 aliphatic heterocycles. The van der Waals surface area contributed by atoms with Crippen LogP contribution in [0.4, 0.5) is 0 Å². The van der Waals surface area contributed by atoms with E-state index in [1.807, 2.05) is 26.0 Å². The zero-order chi connectivity index (χ0) is 14.7. The minimum Gasteiger partial charge on any atom is -0.507 e. The van der Waals surface area contributed by atoms with Gasteiger partial charge in [0, 0.05) is 12.6 Å². The number of phenols is 1. The van der Waals surface area contributed by atoms with E-state index in [0.717, 1.165) is 17.7 Å². The molecular weight excluding hydrogens is 246 g/mol. The number of aryl methyl sites for hydroxylation is 3. The zero-order valence-corrected chi connectivity index (χ0v) is 12.7. The van der Waals surface area contributed by atoms with Gasteiger partial charge in [0.2, 0.25) is 0 Å². The van der Waals surface area contributed by atoms with Crippen molar-refractivity contribution in [2.75, 3.05) is 0 Å². The highest BCUT2D eigenvalue weighted by atomic mass is 16.3. The van der Waals surface area contributed by atoms with Gasteiger partial charge in [-0.1, -0.05) is 42.0 Å². The van der Waals surface area contributed by atoms with E-state index in [2.05, 4.69) is 43.4 Å². The lowest BCUT2D eigenvalue weighted by atomic mass is 10.0.